The first-order valence-electron chi connectivity index (χ1n) is 6.32. The van der Waals surface area contributed by atoms with Crippen LogP contribution in [-0.4, -0.2) is 44.0 Å². The Kier molecular flexibility index (Phi) is 9.19. The monoisotopic (exact) mass is 562 g/mol. The molecule has 4 nitrogen and oxygen atoms in total. The third-order valence-electron chi connectivity index (χ3n) is 2.74. The second kappa shape index (κ2) is 10.1. The van der Waals surface area contributed by atoms with E-state index in [1.807, 2.05) is 0 Å². The number of carbonyl (C=O) groups excluding carboxylic acids is 1. The fourth-order valence-corrected chi connectivity index (χ4v) is 2.57. The van der Waals surface area contributed by atoms with Crippen molar-refractivity contribution >= 4 is 75.7 Å². The van der Waals surface area contributed by atoms with Gasteiger partial charge in [0.2, 0.25) is 0 Å². The zero-order valence-corrected chi connectivity index (χ0v) is 17.7. The van der Waals surface area contributed by atoms with Crippen LogP contribution in [0.3, 0.4) is 0 Å². The Bertz CT molecular complexity index is 536. The molecule has 0 fully saturated rings. The smallest absolute Gasteiger partial charge is 0.338 e. The minimum atomic E-state index is -1.02. The Balaban J connectivity index is 3.00. The Morgan fingerprint density at radius 2 is 1.77 bits per heavy atom. The zero-order chi connectivity index (χ0) is 16.7. The van der Waals surface area contributed by atoms with Gasteiger partial charge in [-0.05, 0) is 30.2 Å². The molecular weight excluding hydrogens is 552 g/mol. The van der Waals surface area contributed by atoms with Crippen molar-refractivity contribution in [2.75, 3.05) is 17.3 Å². The largest absolute Gasteiger partial charge is 0.478 e. The first kappa shape index (κ1) is 20.1. The van der Waals surface area contributed by atoms with Crippen molar-refractivity contribution in [3.8, 4) is 0 Å². The number of hydrogen-bond acceptors (Lipinski definition) is 3. The zero-order valence-electron chi connectivity index (χ0n) is 11.4. The molecule has 0 radical (unpaired) electrons. The number of ether oxygens (including phenoxy) is 1. The maximum absolute atomic E-state index is 12.2. The second-order valence-corrected chi connectivity index (χ2v) is 8.37. The van der Waals surface area contributed by atoms with Crippen LogP contribution in [0.1, 0.15) is 26.3 Å². The fourth-order valence-electron chi connectivity index (χ4n) is 1.68. The molecule has 0 saturated heterocycles. The maximum Gasteiger partial charge on any atom is 0.338 e. The number of halogens is 4. The lowest BCUT2D eigenvalue weighted by Gasteiger charge is -2.13. The summed E-state index contributed by atoms with van der Waals surface area (Å²) in [6.45, 7) is 0.236. The highest BCUT2D eigenvalue weighted by Crippen LogP contribution is 2.20. The van der Waals surface area contributed by atoms with E-state index in [9.17, 15) is 9.59 Å². The molecule has 8 heteroatoms. The second-order valence-electron chi connectivity index (χ2n) is 4.48. The van der Waals surface area contributed by atoms with Crippen molar-refractivity contribution in [1.29, 1.82) is 0 Å². The number of rotatable bonds is 8. The highest BCUT2D eigenvalue weighted by molar-refractivity contribution is 9.12. The molecular formula is C14H14Br4O4. The standard InChI is InChI=1S/C14H14Br4O4/c15-5-10(17)4-9-3-8(13(19)20)1-2-12(9)14(21)22-7-11(18)6-16/h1-3,10-11H,4-7H2,(H,19,20). The molecule has 0 aliphatic heterocycles. The van der Waals surface area contributed by atoms with Crippen LogP contribution in [0, 0.1) is 0 Å². The Labute approximate surface area is 162 Å². The molecule has 1 aromatic rings. The number of hydrogen-bond donors (Lipinski definition) is 1. The van der Waals surface area contributed by atoms with E-state index in [1.54, 1.807) is 0 Å². The average Bonchev–Trinajstić information content (AvgIpc) is 2.51. The van der Waals surface area contributed by atoms with E-state index in [0.29, 0.717) is 28.2 Å². The van der Waals surface area contributed by atoms with Gasteiger partial charge in [-0.15, -0.1) is 0 Å². The summed E-state index contributed by atoms with van der Waals surface area (Å²) in [4.78, 5) is 23.4. The summed E-state index contributed by atoms with van der Waals surface area (Å²) in [5, 5.41) is 10.4. The van der Waals surface area contributed by atoms with Gasteiger partial charge in [0.05, 0.1) is 16.0 Å². The third-order valence-corrected chi connectivity index (χ3v) is 7.28. The molecule has 2 atom stereocenters. The van der Waals surface area contributed by atoms with E-state index >= 15 is 0 Å². The van der Waals surface area contributed by atoms with Gasteiger partial charge in [0.1, 0.15) is 6.61 Å². The fraction of sp³-hybridized carbons (Fsp3) is 0.429. The maximum atomic E-state index is 12.2. The summed E-state index contributed by atoms with van der Waals surface area (Å²) >= 11 is 13.5. The van der Waals surface area contributed by atoms with Crippen LogP contribution in [0.15, 0.2) is 18.2 Å². The van der Waals surface area contributed by atoms with Gasteiger partial charge >= 0.3 is 11.9 Å². The molecule has 1 aromatic carbocycles. The SMILES string of the molecule is O=C(O)c1ccc(C(=O)OCC(Br)CBr)c(CC(Br)CBr)c1. The molecule has 0 amide bonds. The predicted molar refractivity (Wildman–Crippen MR) is 100 cm³/mol. The average molecular weight is 566 g/mol. The van der Waals surface area contributed by atoms with Gasteiger partial charge in [-0.25, -0.2) is 9.59 Å². The van der Waals surface area contributed by atoms with Gasteiger partial charge in [-0.1, -0.05) is 63.7 Å². The molecule has 122 valence electrons. The van der Waals surface area contributed by atoms with Crippen molar-refractivity contribution in [3.05, 3.63) is 34.9 Å². The molecule has 0 spiro atoms. The number of carbonyl (C=O) groups is 2. The highest BCUT2D eigenvalue weighted by atomic mass is 79.9. The van der Waals surface area contributed by atoms with Crippen molar-refractivity contribution in [1.82, 2.24) is 0 Å². The lowest BCUT2D eigenvalue weighted by atomic mass is 10.00. The van der Waals surface area contributed by atoms with Crippen molar-refractivity contribution < 1.29 is 19.4 Å². The molecule has 1 N–H and O–H groups in total. The van der Waals surface area contributed by atoms with Crippen molar-refractivity contribution in [2.24, 2.45) is 0 Å². The molecule has 0 aliphatic rings. The highest BCUT2D eigenvalue weighted by Gasteiger charge is 2.18. The van der Waals surface area contributed by atoms with Gasteiger partial charge in [-0.3, -0.25) is 0 Å². The van der Waals surface area contributed by atoms with Crippen LogP contribution in [0.2, 0.25) is 0 Å². The summed E-state index contributed by atoms with van der Waals surface area (Å²) < 4.78 is 5.25. The van der Waals surface area contributed by atoms with E-state index < -0.39 is 11.9 Å². The molecule has 0 aliphatic carbocycles. The van der Waals surface area contributed by atoms with Crippen molar-refractivity contribution in [3.63, 3.8) is 0 Å². The van der Waals surface area contributed by atoms with Crippen LogP contribution >= 0.6 is 63.7 Å². The van der Waals surface area contributed by atoms with E-state index in [-0.39, 0.29) is 21.8 Å². The summed E-state index contributed by atoms with van der Waals surface area (Å²) in [5.41, 5.74) is 1.19. The van der Waals surface area contributed by atoms with Gasteiger partial charge in [0, 0.05) is 15.5 Å². The van der Waals surface area contributed by atoms with Crippen LogP contribution in [-0.2, 0) is 11.2 Å². The minimum Gasteiger partial charge on any atom is -0.478 e. The van der Waals surface area contributed by atoms with E-state index in [4.69, 9.17) is 9.84 Å². The summed E-state index contributed by atoms with van der Waals surface area (Å²) in [5.74, 6) is -1.47. The van der Waals surface area contributed by atoms with Crippen molar-refractivity contribution in [2.45, 2.75) is 16.1 Å². The molecule has 1 rings (SSSR count). The van der Waals surface area contributed by atoms with E-state index in [1.165, 1.54) is 18.2 Å². The first-order valence-corrected chi connectivity index (χ1v) is 10.4. The number of aromatic carboxylic acids is 1. The molecule has 0 heterocycles. The Morgan fingerprint density at radius 1 is 1.14 bits per heavy atom. The Hall–Kier alpha value is 0.0800. The number of benzene rings is 1. The molecule has 0 bridgehead atoms. The molecule has 0 aromatic heterocycles. The topological polar surface area (TPSA) is 63.6 Å². The molecule has 0 saturated carbocycles. The number of carboxylic acid groups (broad SMARTS) is 1. The van der Waals surface area contributed by atoms with Crippen LogP contribution in [0.4, 0.5) is 0 Å². The molecule has 22 heavy (non-hydrogen) atoms. The minimum absolute atomic E-state index is 0.0321. The van der Waals surface area contributed by atoms with Gasteiger partial charge in [0.25, 0.3) is 0 Å². The van der Waals surface area contributed by atoms with E-state index in [2.05, 4.69) is 63.7 Å². The van der Waals surface area contributed by atoms with Gasteiger partial charge < -0.3 is 9.84 Å². The number of carboxylic acids is 1. The Morgan fingerprint density at radius 3 is 2.32 bits per heavy atom. The van der Waals surface area contributed by atoms with Gasteiger partial charge in [-0.2, -0.15) is 0 Å². The predicted octanol–water partition coefficient (Wildman–Crippen LogP) is 4.40. The third kappa shape index (κ3) is 6.29. The normalized spacial score (nSPS) is 13.5. The van der Waals surface area contributed by atoms with Crippen LogP contribution in [0.5, 0.6) is 0 Å². The lowest BCUT2D eigenvalue weighted by Crippen LogP contribution is -2.18. The summed E-state index contributed by atoms with van der Waals surface area (Å²) in [6.07, 6.45) is 0.521. The summed E-state index contributed by atoms with van der Waals surface area (Å²) in [6, 6.07) is 4.44. The molecule has 2 unspecified atom stereocenters. The van der Waals surface area contributed by atoms with E-state index in [0.717, 1.165) is 0 Å². The number of alkyl halides is 4. The number of esters is 1. The van der Waals surface area contributed by atoms with Crippen LogP contribution < -0.4 is 0 Å². The quantitative estimate of drug-likeness (QED) is 0.375. The first-order chi connectivity index (χ1) is 10.4. The van der Waals surface area contributed by atoms with Crippen LogP contribution in [0.25, 0.3) is 0 Å². The lowest BCUT2D eigenvalue weighted by molar-refractivity contribution is 0.0510. The van der Waals surface area contributed by atoms with Gasteiger partial charge in [0.15, 0.2) is 0 Å². The summed E-state index contributed by atoms with van der Waals surface area (Å²) in [7, 11) is 0.